The normalized spacial score (nSPS) is 13.5. The summed E-state index contributed by atoms with van der Waals surface area (Å²) in [6.07, 6.45) is 9.54. The molecule has 0 N–H and O–H groups in total. The fourth-order valence-electron chi connectivity index (χ4n) is 2.44. The summed E-state index contributed by atoms with van der Waals surface area (Å²) < 4.78 is 5.42. The van der Waals surface area contributed by atoms with Gasteiger partial charge in [-0.3, -0.25) is 0 Å². The molecule has 0 bridgehead atoms. The monoisotopic (exact) mass is 229 g/mol. The Morgan fingerprint density at radius 1 is 1.12 bits per heavy atom. The fourth-order valence-corrected chi connectivity index (χ4v) is 2.44. The second-order valence-electron chi connectivity index (χ2n) is 4.74. The van der Waals surface area contributed by atoms with Gasteiger partial charge in [-0.15, -0.1) is 0 Å². The summed E-state index contributed by atoms with van der Waals surface area (Å²) in [6, 6.07) is 4.32. The molecule has 0 unspecified atom stereocenters. The van der Waals surface area contributed by atoms with E-state index in [-0.39, 0.29) is 0 Å². The summed E-state index contributed by atoms with van der Waals surface area (Å²) in [5.41, 5.74) is 5.42. The smallest absolute Gasteiger partial charge is 0.123 e. The van der Waals surface area contributed by atoms with Crippen LogP contribution in [0.3, 0.4) is 0 Å². The molecule has 0 heterocycles. The van der Waals surface area contributed by atoms with Gasteiger partial charge in [0, 0.05) is 12.0 Å². The van der Waals surface area contributed by atoms with Gasteiger partial charge in [0.2, 0.25) is 0 Å². The van der Waals surface area contributed by atoms with E-state index in [0.717, 1.165) is 5.75 Å². The van der Waals surface area contributed by atoms with Crippen LogP contribution in [0.25, 0.3) is 6.08 Å². The van der Waals surface area contributed by atoms with Crippen molar-refractivity contribution < 1.29 is 4.74 Å². The highest BCUT2D eigenvalue weighted by molar-refractivity contribution is 5.74. The summed E-state index contributed by atoms with van der Waals surface area (Å²) in [5.74, 6) is 0.993. The highest BCUT2D eigenvalue weighted by Crippen LogP contribution is 2.36. The Hall–Kier alpha value is -1.24. The van der Waals surface area contributed by atoms with Crippen LogP contribution in [0, 0.1) is 6.42 Å². The largest absolute Gasteiger partial charge is 0.496 e. The average Bonchev–Trinajstić information content (AvgIpc) is 2.71. The molecule has 0 fully saturated rings. The predicted molar refractivity (Wildman–Crippen MR) is 73.3 cm³/mol. The highest BCUT2D eigenvalue weighted by atomic mass is 16.5. The van der Waals surface area contributed by atoms with E-state index in [4.69, 9.17) is 4.74 Å². The summed E-state index contributed by atoms with van der Waals surface area (Å²) >= 11 is 0. The predicted octanol–water partition coefficient (Wildman–Crippen LogP) is 4.40. The van der Waals surface area contributed by atoms with Crippen LogP contribution in [0.15, 0.2) is 17.7 Å². The zero-order chi connectivity index (χ0) is 12.3. The minimum Gasteiger partial charge on any atom is -0.496 e. The van der Waals surface area contributed by atoms with Crippen molar-refractivity contribution in [3.05, 3.63) is 40.8 Å². The summed E-state index contributed by atoms with van der Waals surface area (Å²) in [5, 5.41) is 0. The van der Waals surface area contributed by atoms with Gasteiger partial charge in [0.25, 0.3) is 0 Å². The highest BCUT2D eigenvalue weighted by Gasteiger charge is 2.18. The first kappa shape index (κ1) is 12.2. The molecule has 0 atom stereocenters. The van der Waals surface area contributed by atoms with Gasteiger partial charge in [0.1, 0.15) is 5.75 Å². The van der Waals surface area contributed by atoms with Crippen LogP contribution < -0.4 is 4.74 Å². The lowest BCUT2D eigenvalue weighted by atomic mass is 9.98. The molecule has 0 aliphatic heterocycles. The zero-order valence-electron chi connectivity index (χ0n) is 11.0. The SMILES string of the molecule is CCCCCc1ccc(OC)c2c1C=C(C)[CH]2. The molecule has 1 aliphatic carbocycles. The lowest BCUT2D eigenvalue weighted by molar-refractivity contribution is 0.412. The van der Waals surface area contributed by atoms with Crippen LogP contribution in [-0.4, -0.2) is 7.11 Å². The molecule has 1 aliphatic rings. The molecule has 0 amide bonds. The van der Waals surface area contributed by atoms with Crippen molar-refractivity contribution in [2.45, 2.75) is 39.5 Å². The number of unbranched alkanes of at least 4 members (excludes halogenated alkanes) is 2. The van der Waals surface area contributed by atoms with Crippen molar-refractivity contribution in [2.75, 3.05) is 7.11 Å². The molecule has 1 heteroatoms. The lowest BCUT2D eigenvalue weighted by Crippen LogP contribution is -1.96. The molecule has 1 aromatic carbocycles. The van der Waals surface area contributed by atoms with Gasteiger partial charge >= 0.3 is 0 Å². The van der Waals surface area contributed by atoms with Crippen molar-refractivity contribution in [1.82, 2.24) is 0 Å². The van der Waals surface area contributed by atoms with Crippen molar-refractivity contribution in [3.8, 4) is 5.75 Å². The third-order valence-electron chi connectivity index (χ3n) is 3.35. The number of fused-ring (bicyclic) bond motifs is 1. The molecule has 0 aromatic heterocycles. The van der Waals surface area contributed by atoms with Gasteiger partial charge in [-0.1, -0.05) is 37.5 Å². The van der Waals surface area contributed by atoms with Gasteiger partial charge in [-0.05, 0) is 37.0 Å². The van der Waals surface area contributed by atoms with Crippen LogP contribution in [-0.2, 0) is 6.42 Å². The topological polar surface area (TPSA) is 9.23 Å². The number of allylic oxidation sites excluding steroid dienone is 1. The Labute approximate surface area is 104 Å². The Bertz CT molecular complexity index is 429. The average molecular weight is 229 g/mol. The first-order chi connectivity index (χ1) is 8.26. The van der Waals surface area contributed by atoms with E-state index in [2.05, 4.69) is 38.5 Å². The minimum absolute atomic E-state index is 0.993. The second-order valence-corrected chi connectivity index (χ2v) is 4.74. The Balaban J connectivity index is 2.25. The molecule has 1 nitrogen and oxygen atoms in total. The van der Waals surface area contributed by atoms with E-state index in [1.54, 1.807) is 7.11 Å². The Morgan fingerprint density at radius 2 is 1.94 bits per heavy atom. The summed E-state index contributed by atoms with van der Waals surface area (Å²) in [7, 11) is 1.74. The number of benzene rings is 1. The van der Waals surface area contributed by atoms with Crippen LogP contribution in [0.1, 0.15) is 49.8 Å². The van der Waals surface area contributed by atoms with Gasteiger partial charge in [-0.25, -0.2) is 0 Å². The van der Waals surface area contributed by atoms with Crippen LogP contribution in [0.4, 0.5) is 0 Å². The number of hydrogen-bond donors (Lipinski definition) is 0. The maximum Gasteiger partial charge on any atom is 0.123 e. The second kappa shape index (κ2) is 5.39. The molecule has 0 saturated heterocycles. The molecule has 91 valence electrons. The van der Waals surface area contributed by atoms with E-state index in [0.29, 0.717) is 0 Å². The van der Waals surface area contributed by atoms with E-state index >= 15 is 0 Å². The van der Waals surface area contributed by atoms with E-state index in [9.17, 15) is 0 Å². The lowest BCUT2D eigenvalue weighted by Gasteiger charge is -2.11. The number of rotatable bonds is 5. The number of hydrogen-bond acceptors (Lipinski definition) is 1. The van der Waals surface area contributed by atoms with Gasteiger partial charge in [0.05, 0.1) is 7.11 Å². The fraction of sp³-hybridized carbons (Fsp3) is 0.438. The van der Waals surface area contributed by atoms with Crippen molar-refractivity contribution in [1.29, 1.82) is 0 Å². The van der Waals surface area contributed by atoms with Crippen molar-refractivity contribution in [2.24, 2.45) is 0 Å². The number of ether oxygens (including phenoxy) is 1. The third kappa shape index (κ3) is 2.54. The standard InChI is InChI=1S/C16H21O/c1-4-5-6-7-13-8-9-16(17-3)15-11-12(2)10-14(13)15/h8-11H,4-7H2,1-3H3. The summed E-state index contributed by atoms with van der Waals surface area (Å²) in [6.45, 7) is 4.39. The first-order valence-electron chi connectivity index (χ1n) is 6.49. The van der Waals surface area contributed by atoms with Crippen LogP contribution in [0.2, 0.25) is 0 Å². The summed E-state index contributed by atoms with van der Waals surface area (Å²) in [4.78, 5) is 0. The molecular formula is C16H21O. The molecule has 0 saturated carbocycles. The van der Waals surface area contributed by atoms with Gasteiger partial charge in [-0.2, -0.15) is 0 Å². The maximum absolute atomic E-state index is 5.42. The van der Waals surface area contributed by atoms with E-state index in [1.165, 1.54) is 47.9 Å². The van der Waals surface area contributed by atoms with Gasteiger partial charge < -0.3 is 4.74 Å². The molecule has 0 spiro atoms. The minimum atomic E-state index is 0.993. The Kier molecular flexibility index (Phi) is 3.88. The van der Waals surface area contributed by atoms with E-state index in [1.807, 2.05) is 0 Å². The van der Waals surface area contributed by atoms with Crippen molar-refractivity contribution in [3.63, 3.8) is 0 Å². The Morgan fingerprint density at radius 3 is 2.65 bits per heavy atom. The molecule has 2 rings (SSSR count). The molecular weight excluding hydrogens is 208 g/mol. The zero-order valence-corrected chi connectivity index (χ0v) is 11.0. The van der Waals surface area contributed by atoms with Crippen molar-refractivity contribution >= 4 is 6.08 Å². The van der Waals surface area contributed by atoms with Gasteiger partial charge in [0.15, 0.2) is 0 Å². The third-order valence-corrected chi connectivity index (χ3v) is 3.35. The first-order valence-corrected chi connectivity index (χ1v) is 6.49. The number of aryl methyl sites for hydroxylation is 1. The van der Waals surface area contributed by atoms with E-state index < -0.39 is 0 Å². The molecule has 1 aromatic rings. The number of methoxy groups -OCH3 is 1. The maximum atomic E-state index is 5.42. The van der Waals surface area contributed by atoms with Crippen LogP contribution >= 0.6 is 0 Å². The molecule has 1 radical (unpaired) electrons. The molecule has 17 heavy (non-hydrogen) atoms. The quantitative estimate of drug-likeness (QED) is 0.680. The van der Waals surface area contributed by atoms with Crippen LogP contribution in [0.5, 0.6) is 5.75 Å².